The van der Waals surface area contributed by atoms with Crippen LogP contribution in [0.3, 0.4) is 0 Å². The van der Waals surface area contributed by atoms with Crippen LogP contribution in [0.4, 0.5) is 4.79 Å². The summed E-state index contributed by atoms with van der Waals surface area (Å²) in [5.74, 6) is 0.0179. The van der Waals surface area contributed by atoms with Gasteiger partial charge in [-0.25, -0.2) is 4.79 Å². The number of ether oxygens (including phenoxy) is 3. The predicted octanol–water partition coefficient (Wildman–Crippen LogP) is 1.72. The van der Waals surface area contributed by atoms with Crippen molar-refractivity contribution in [2.45, 2.75) is 6.42 Å². The van der Waals surface area contributed by atoms with Gasteiger partial charge in [-0.2, -0.15) is 0 Å². The summed E-state index contributed by atoms with van der Waals surface area (Å²) in [6.45, 7) is 3.87. The maximum atomic E-state index is 12.3. The predicted molar refractivity (Wildman–Crippen MR) is 93.5 cm³/mol. The number of carbonyl (C=O) groups is 3. The van der Waals surface area contributed by atoms with Crippen molar-refractivity contribution in [1.82, 2.24) is 10.2 Å². The number of methoxy groups -OCH3 is 2. The van der Waals surface area contributed by atoms with Crippen LogP contribution in [0.1, 0.15) is 12.0 Å². The fourth-order valence-corrected chi connectivity index (χ4v) is 2.29. The average Bonchev–Trinajstić information content (AvgIpc) is 2.91. The number of benzene rings is 1. The van der Waals surface area contributed by atoms with Gasteiger partial charge in [0.1, 0.15) is 12.3 Å². The molecule has 0 aromatic heterocycles. The number of carbonyl (C=O) groups excluding carboxylic acids is 3. The van der Waals surface area contributed by atoms with Gasteiger partial charge in [0, 0.05) is 6.54 Å². The van der Waals surface area contributed by atoms with Gasteiger partial charge < -0.3 is 19.5 Å². The number of nitrogens with zero attached hydrogens (tertiary/aromatic N) is 1. The monoisotopic (exact) mass is 360 g/mol. The second-order valence-electron chi connectivity index (χ2n) is 5.28. The molecule has 2 rings (SSSR count). The van der Waals surface area contributed by atoms with Gasteiger partial charge in [0.05, 0.1) is 20.6 Å². The molecular weight excluding hydrogens is 340 g/mol. The topological polar surface area (TPSA) is 94.2 Å². The molecule has 8 heteroatoms. The Morgan fingerprint density at radius 1 is 1.27 bits per heavy atom. The van der Waals surface area contributed by atoms with Crippen LogP contribution in [0, 0.1) is 0 Å². The standard InChI is InChI=1S/C18H20N2O6/c1-4-9-26-14-6-5-12(11-15(14)24-2)10-13-17(22)20(18(23)19-13)8-7-16(21)25-3/h4-6,10-11H,1,7-9H2,2-3H3,(H,19,23). The number of hydrogen-bond acceptors (Lipinski definition) is 6. The van der Waals surface area contributed by atoms with Crippen molar-refractivity contribution in [2.24, 2.45) is 0 Å². The van der Waals surface area contributed by atoms with E-state index in [-0.39, 0.29) is 18.7 Å². The Balaban J connectivity index is 2.16. The number of imide groups is 1. The third-order valence-electron chi connectivity index (χ3n) is 3.58. The van der Waals surface area contributed by atoms with Gasteiger partial charge in [-0.15, -0.1) is 0 Å². The van der Waals surface area contributed by atoms with Crippen molar-refractivity contribution in [2.75, 3.05) is 27.4 Å². The van der Waals surface area contributed by atoms with Crippen LogP contribution < -0.4 is 14.8 Å². The minimum atomic E-state index is -0.581. The first-order valence-corrected chi connectivity index (χ1v) is 7.83. The Kier molecular flexibility index (Phi) is 6.37. The summed E-state index contributed by atoms with van der Waals surface area (Å²) in [5.41, 5.74) is 0.757. The van der Waals surface area contributed by atoms with Crippen LogP contribution in [0.5, 0.6) is 11.5 Å². The Morgan fingerprint density at radius 2 is 2.04 bits per heavy atom. The van der Waals surface area contributed by atoms with Gasteiger partial charge in [-0.1, -0.05) is 18.7 Å². The maximum Gasteiger partial charge on any atom is 0.329 e. The van der Waals surface area contributed by atoms with Crippen molar-refractivity contribution < 1.29 is 28.6 Å². The van der Waals surface area contributed by atoms with E-state index in [0.29, 0.717) is 23.7 Å². The second-order valence-corrected chi connectivity index (χ2v) is 5.28. The highest BCUT2D eigenvalue weighted by molar-refractivity contribution is 6.14. The van der Waals surface area contributed by atoms with Crippen LogP contribution >= 0.6 is 0 Å². The molecule has 138 valence electrons. The van der Waals surface area contributed by atoms with E-state index in [1.807, 2.05) is 0 Å². The van der Waals surface area contributed by atoms with Gasteiger partial charge in [-0.05, 0) is 23.8 Å². The summed E-state index contributed by atoms with van der Waals surface area (Å²) < 4.78 is 15.3. The highest BCUT2D eigenvalue weighted by Crippen LogP contribution is 2.29. The molecule has 0 atom stereocenters. The van der Waals surface area contributed by atoms with E-state index < -0.39 is 17.9 Å². The van der Waals surface area contributed by atoms with Crippen molar-refractivity contribution in [3.05, 3.63) is 42.1 Å². The van der Waals surface area contributed by atoms with Crippen molar-refractivity contribution in [3.63, 3.8) is 0 Å². The molecule has 0 saturated carbocycles. The van der Waals surface area contributed by atoms with E-state index in [1.54, 1.807) is 24.3 Å². The number of hydrogen-bond donors (Lipinski definition) is 1. The fourth-order valence-electron chi connectivity index (χ4n) is 2.29. The Hall–Kier alpha value is -3.29. The molecule has 1 fully saturated rings. The van der Waals surface area contributed by atoms with Crippen LogP contribution in [0.25, 0.3) is 6.08 Å². The molecule has 0 spiro atoms. The summed E-state index contributed by atoms with van der Waals surface area (Å²) in [6.07, 6.45) is 3.08. The first-order valence-electron chi connectivity index (χ1n) is 7.83. The molecule has 1 N–H and O–H groups in total. The lowest BCUT2D eigenvalue weighted by atomic mass is 10.1. The van der Waals surface area contributed by atoms with Gasteiger partial charge in [-0.3, -0.25) is 14.5 Å². The molecule has 1 aliphatic heterocycles. The molecule has 8 nitrogen and oxygen atoms in total. The van der Waals surface area contributed by atoms with Crippen molar-refractivity contribution in [1.29, 1.82) is 0 Å². The highest BCUT2D eigenvalue weighted by Gasteiger charge is 2.33. The highest BCUT2D eigenvalue weighted by atomic mass is 16.5. The molecule has 0 aliphatic carbocycles. The number of rotatable bonds is 8. The molecule has 1 heterocycles. The SMILES string of the molecule is C=CCOc1ccc(C=C2NC(=O)N(CCC(=O)OC)C2=O)cc1OC. The molecule has 26 heavy (non-hydrogen) atoms. The van der Waals surface area contributed by atoms with Gasteiger partial charge in [0.2, 0.25) is 0 Å². The Bertz CT molecular complexity index is 756. The third-order valence-corrected chi connectivity index (χ3v) is 3.58. The molecule has 0 radical (unpaired) electrons. The molecule has 1 saturated heterocycles. The largest absolute Gasteiger partial charge is 0.493 e. The quantitative estimate of drug-likeness (QED) is 0.328. The third kappa shape index (κ3) is 4.41. The van der Waals surface area contributed by atoms with Gasteiger partial charge in [0.25, 0.3) is 5.91 Å². The van der Waals surface area contributed by atoms with E-state index in [4.69, 9.17) is 9.47 Å². The molecule has 1 aliphatic rings. The summed E-state index contributed by atoms with van der Waals surface area (Å²) in [4.78, 5) is 36.4. The lowest BCUT2D eigenvalue weighted by Crippen LogP contribution is -2.33. The molecule has 3 amide bonds. The normalized spacial score (nSPS) is 15.0. The molecule has 1 aromatic rings. The molecule has 0 unspecified atom stereocenters. The second kappa shape index (κ2) is 8.70. The minimum Gasteiger partial charge on any atom is -0.493 e. The maximum absolute atomic E-state index is 12.3. The van der Waals surface area contributed by atoms with Crippen LogP contribution in [0.2, 0.25) is 0 Å². The zero-order valence-corrected chi connectivity index (χ0v) is 14.6. The van der Waals surface area contributed by atoms with Crippen LogP contribution in [-0.4, -0.2) is 50.2 Å². The average molecular weight is 360 g/mol. The van der Waals surface area contributed by atoms with E-state index in [2.05, 4.69) is 16.6 Å². The van der Waals surface area contributed by atoms with E-state index in [1.165, 1.54) is 20.3 Å². The zero-order chi connectivity index (χ0) is 19.1. The van der Waals surface area contributed by atoms with Crippen molar-refractivity contribution in [3.8, 4) is 11.5 Å². The van der Waals surface area contributed by atoms with E-state index >= 15 is 0 Å². The minimum absolute atomic E-state index is 0.0493. The summed E-state index contributed by atoms with van der Waals surface area (Å²) in [6, 6.07) is 4.53. The number of esters is 1. The van der Waals surface area contributed by atoms with Gasteiger partial charge in [0.15, 0.2) is 11.5 Å². The van der Waals surface area contributed by atoms with Gasteiger partial charge >= 0.3 is 12.0 Å². The Morgan fingerprint density at radius 3 is 2.69 bits per heavy atom. The molecule has 1 aromatic carbocycles. The first kappa shape index (κ1) is 19.0. The summed E-state index contributed by atoms with van der Waals surface area (Å²) in [7, 11) is 2.75. The van der Waals surface area contributed by atoms with Crippen molar-refractivity contribution >= 4 is 24.0 Å². The molecular formula is C18H20N2O6. The lowest BCUT2D eigenvalue weighted by Gasteiger charge is -2.10. The number of urea groups is 1. The number of amides is 3. The Labute approximate surface area is 151 Å². The first-order chi connectivity index (χ1) is 12.5. The van der Waals surface area contributed by atoms with Crippen LogP contribution in [0.15, 0.2) is 36.6 Å². The number of nitrogens with one attached hydrogen (secondary N) is 1. The smallest absolute Gasteiger partial charge is 0.329 e. The zero-order valence-electron chi connectivity index (χ0n) is 14.6. The van der Waals surface area contributed by atoms with E-state index in [0.717, 1.165) is 4.90 Å². The summed E-state index contributed by atoms with van der Waals surface area (Å²) >= 11 is 0. The molecule has 0 bridgehead atoms. The summed E-state index contributed by atoms with van der Waals surface area (Å²) in [5, 5.41) is 2.49. The fraction of sp³-hybridized carbons (Fsp3) is 0.278. The van der Waals surface area contributed by atoms with E-state index in [9.17, 15) is 14.4 Å². The lowest BCUT2D eigenvalue weighted by molar-refractivity contribution is -0.141. The van der Waals surface area contributed by atoms with Crippen LogP contribution in [-0.2, 0) is 14.3 Å².